The monoisotopic (exact) mass is 352 g/mol. The van der Waals surface area contributed by atoms with Crippen molar-refractivity contribution in [1.82, 2.24) is 4.98 Å². The molecule has 2 aromatic rings. The lowest BCUT2D eigenvalue weighted by Crippen LogP contribution is -2.25. The Morgan fingerprint density at radius 2 is 1.84 bits per heavy atom. The third-order valence-corrected chi connectivity index (χ3v) is 4.60. The van der Waals surface area contributed by atoms with E-state index in [-0.39, 0.29) is 28.1 Å². The number of pyridine rings is 1. The van der Waals surface area contributed by atoms with Crippen molar-refractivity contribution < 1.29 is 9.84 Å². The standard InChI is InChI=1S/C18H16N4O2S/c19-8-12-16(13(9-20)18(25)22-17(12)21)10-4-6-11(7-5-10)24-15-3-1-2-14(15)23/h4-7,14-15,23H,1-3H2,(H3,21,22,25)/t14-,15-/m0/s1. The molecule has 7 heteroatoms. The SMILES string of the molecule is N#Cc1c(N)nc(S)c(C#N)c1-c1ccc(O[C@H]2CCC[C@@H]2O)cc1. The van der Waals surface area contributed by atoms with E-state index in [0.717, 1.165) is 19.3 Å². The largest absolute Gasteiger partial charge is 0.488 e. The van der Waals surface area contributed by atoms with Crippen LogP contribution in [0.1, 0.15) is 30.4 Å². The van der Waals surface area contributed by atoms with Crippen molar-refractivity contribution in [2.75, 3.05) is 5.73 Å². The fraction of sp³-hybridized carbons (Fsp3) is 0.278. The number of benzene rings is 1. The molecule has 0 bridgehead atoms. The number of aliphatic hydroxyl groups excluding tert-OH is 1. The molecule has 1 heterocycles. The number of aliphatic hydroxyl groups is 1. The van der Waals surface area contributed by atoms with Crippen molar-refractivity contribution in [2.45, 2.75) is 36.5 Å². The summed E-state index contributed by atoms with van der Waals surface area (Å²) in [6.07, 6.45) is 1.88. The van der Waals surface area contributed by atoms with Crippen molar-refractivity contribution in [3.63, 3.8) is 0 Å². The number of ether oxygens (including phenoxy) is 1. The maximum absolute atomic E-state index is 9.85. The molecule has 1 fully saturated rings. The van der Waals surface area contributed by atoms with Crippen LogP contribution >= 0.6 is 12.6 Å². The van der Waals surface area contributed by atoms with Crippen LogP contribution < -0.4 is 10.5 Å². The highest BCUT2D eigenvalue weighted by Crippen LogP contribution is 2.34. The van der Waals surface area contributed by atoms with Crippen molar-refractivity contribution in [3.05, 3.63) is 35.4 Å². The summed E-state index contributed by atoms with van der Waals surface area (Å²) >= 11 is 4.19. The number of thiol groups is 1. The number of anilines is 1. The molecule has 0 radical (unpaired) electrons. The zero-order valence-electron chi connectivity index (χ0n) is 13.3. The first-order valence-corrected chi connectivity index (χ1v) is 8.27. The van der Waals surface area contributed by atoms with Crippen LogP contribution in [0.3, 0.4) is 0 Å². The molecule has 0 aliphatic heterocycles. The molecule has 25 heavy (non-hydrogen) atoms. The van der Waals surface area contributed by atoms with Gasteiger partial charge in [0.2, 0.25) is 0 Å². The van der Waals surface area contributed by atoms with E-state index >= 15 is 0 Å². The predicted octanol–water partition coefficient (Wildman–Crippen LogP) is 2.66. The number of aromatic nitrogens is 1. The Bertz CT molecular complexity index is 846. The first-order valence-electron chi connectivity index (χ1n) is 7.83. The molecule has 0 saturated heterocycles. The van der Waals surface area contributed by atoms with Crippen LogP contribution in [0.5, 0.6) is 5.75 Å². The third kappa shape index (κ3) is 3.25. The van der Waals surface area contributed by atoms with Gasteiger partial charge >= 0.3 is 0 Å². The van der Waals surface area contributed by atoms with Gasteiger partial charge in [0.1, 0.15) is 40.4 Å². The molecule has 3 N–H and O–H groups in total. The molecule has 0 amide bonds. The third-order valence-electron chi connectivity index (χ3n) is 4.28. The molecule has 1 saturated carbocycles. The second-order valence-electron chi connectivity index (χ2n) is 5.85. The van der Waals surface area contributed by atoms with E-state index in [1.165, 1.54) is 0 Å². The maximum Gasteiger partial charge on any atom is 0.143 e. The number of hydrogen-bond donors (Lipinski definition) is 3. The fourth-order valence-electron chi connectivity index (χ4n) is 3.02. The van der Waals surface area contributed by atoms with Gasteiger partial charge in [-0.2, -0.15) is 10.5 Å². The maximum atomic E-state index is 9.85. The lowest BCUT2D eigenvalue weighted by molar-refractivity contribution is 0.0604. The topological polar surface area (TPSA) is 116 Å². The minimum atomic E-state index is -0.443. The highest BCUT2D eigenvalue weighted by atomic mass is 32.1. The van der Waals surface area contributed by atoms with Gasteiger partial charge in [0.15, 0.2) is 0 Å². The second kappa shape index (κ2) is 7.02. The molecule has 2 atom stereocenters. The van der Waals surface area contributed by atoms with Gasteiger partial charge in [0.05, 0.1) is 11.7 Å². The summed E-state index contributed by atoms with van der Waals surface area (Å²) in [5.41, 5.74) is 7.22. The van der Waals surface area contributed by atoms with Crippen LogP contribution in [0, 0.1) is 22.7 Å². The Balaban J connectivity index is 1.98. The Morgan fingerprint density at radius 3 is 2.40 bits per heavy atom. The molecule has 1 aromatic carbocycles. The van der Waals surface area contributed by atoms with Crippen molar-refractivity contribution in [3.8, 4) is 29.0 Å². The molecular weight excluding hydrogens is 336 g/mol. The van der Waals surface area contributed by atoms with Crippen molar-refractivity contribution >= 4 is 18.4 Å². The van der Waals surface area contributed by atoms with Gasteiger partial charge in [0.25, 0.3) is 0 Å². The quantitative estimate of drug-likeness (QED) is 0.731. The van der Waals surface area contributed by atoms with Crippen molar-refractivity contribution in [1.29, 1.82) is 10.5 Å². The first kappa shape index (κ1) is 17.1. The number of nitrogens with zero attached hydrogens (tertiary/aromatic N) is 3. The fourth-order valence-corrected chi connectivity index (χ4v) is 3.29. The molecule has 0 spiro atoms. The molecule has 0 unspecified atom stereocenters. The Morgan fingerprint density at radius 1 is 1.16 bits per heavy atom. The van der Waals surface area contributed by atoms with Crippen LogP contribution in [0.4, 0.5) is 5.82 Å². The molecule has 126 valence electrons. The number of nitriles is 2. The van der Waals surface area contributed by atoms with Crippen molar-refractivity contribution in [2.24, 2.45) is 0 Å². The first-order chi connectivity index (χ1) is 12.0. The van der Waals surface area contributed by atoms with Gasteiger partial charge in [0, 0.05) is 5.56 Å². The molecule has 3 rings (SSSR count). The summed E-state index contributed by atoms with van der Waals surface area (Å²) in [5.74, 6) is 0.663. The summed E-state index contributed by atoms with van der Waals surface area (Å²) in [6, 6.07) is 11.0. The minimum Gasteiger partial charge on any atom is -0.488 e. The molecule has 1 aliphatic carbocycles. The summed E-state index contributed by atoms with van der Waals surface area (Å²) < 4.78 is 5.81. The average Bonchev–Trinajstić information content (AvgIpc) is 3.00. The average molecular weight is 352 g/mol. The molecule has 6 nitrogen and oxygen atoms in total. The summed E-state index contributed by atoms with van der Waals surface area (Å²) in [6.45, 7) is 0. The van der Waals surface area contributed by atoms with Gasteiger partial charge in [-0.3, -0.25) is 0 Å². The Hall–Kier alpha value is -2.74. The van der Waals surface area contributed by atoms with Gasteiger partial charge in [-0.15, -0.1) is 12.6 Å². The van der Waals surface area contributed by atoms with E-state index in [0.29, 0.717) is 16.9 Å². The van der Waals surface area contributed by atoms with Gasteiger partial charge in [-0.1, -0.05) is 12.1 Å². The predicted molar refractivity (Wildman–Crippen MR) is 95.0 cm³/mol. The van der Waals surface area contributed by atoms with Crippen LogP contribution in [-0.4, -0.2) is 22.3 Å². The normalized spacial score (nSPS) is 19.2. The molecule has 1 aliphatic rings. The van der Waals surface area contributed by atoms with Crippen LogP contribution in [0.15, 0.2) is 29.3 Å². The summed E-state index contributed by atoms with van der Waals surface area (Å²) in [4.78, 5) is 3.94. The highest BCUT2D eigenvalue weighted by Gasteiger charge is 2.27. The summed E-state index contributed by atoms with van der Waals surface area (Å²) in [7, 11) is 0. The van der Waals surface area contributed by atoms with E-state index in [1.54, 1.807) is 24.3 Å². The lowest BCUT2D eigenvalue weighted by atomic mass is 9.97. The Labute approximate surface area is 150 Å². The van der Waals surface area contributed by atoms with Crippen LogP contribution in [0.2, 0.25) is 0 Å². The highest BCUT2D eigenvalue weighted by molar-refractivity contribution is 7.80. The Kier molecular flexibility index (Phi) is 4.80. The molecule has 1 aromatic heterocycles. The lowest BCUT2D eigenvalue weighted by Gasteiger charge is -2.17. The van der Waals surface area contributed by atoms with Gasteiger partial charge < -0.3 is 15.6 Å². The number of hydrogen-bond acceptors (Lipinski definition) is 7. The van der Waals surface area contributed by atoms with Crippen LogP contribution in [0.25, 0.3) is 11.1 Å². The second-order valence-corrected chi connectivity index (χ2v) is 6.27. The van der Waals surface area contributed by atoms with E-state index in [1.807, 2.05) is 12.1 Å². The summed E-state index contributed by atoms with van der Waals surface area (Å²) in [5, 5.41) is 28.8. The smallest absolute Gasteiger partial charge is 0.143 e. The van der Waals surface area contributed by atoms with Crippen LogP contribution in [-0.2, 0) is 0 Å². The van der Waals surface area contributed by atoms with Gasteiger partial charge in [-0.25, -0.2) is 4.98 Å². The van der Waals surface area contributed by atoms with E-state index in [2.05, 4.69) is 17.6 Å². The minimum absolute atomic E-state index is 0.0379. The number of rotatable bonds is 3. The zero-order chi connectivity index (χ0) is 18.0. The molecular formula is C18H16N4O2S. The van der Waals surface area contributed by atoms with E-state index in [4.69, 9.17) is 10.5 Å². The van der Waals surface area contributed by atoms with Gasteiger partial charge in [-0.05, 0) is 37.0 Å². The number of nitrogens with two attached hydrogens (primary N) is 1. The van der Waals surface area contributed by atoms with E-state index in [9.17, 15) is 15.6 Å². The number of nitrogen functional groups attached to an aromatic ring is 1. The zero-order valence-corrected chi connectivity index (χ0v) is 14.2. The van der Waals surface area contributed by atoms with E-state index < -0.39 is 6.10 Å².